The molecule has 98 valence electrons. The van der Waals surface area contributed by atoms with Gasteiger partial charge in [0.15, 0.2) is 0 Å². The van der Waals surface area contributed by atoms with Gasteiger partial charge in [0.2, 0.25) is 0 Å². The van der Waals surface area contributed by atoms with Crippen LogP contribution < -0.4 is 0 Å². The van der Waals surface area contributed by atoms with Gasteiger partial charge in [0.05, 0.1) is 0 Å². The van der Waals surface area contributed by atoms with E-state index in [1.54, 1.807) is 0 Å². The zero-order chi connectivity index (χ0) is 13.4. The maximum Gasteiger partial charge on any atom is 0.0494 e. The molecule has 0 unspecified atom stereocenters. The number of hydrogen-bond acceptors (Lipinski definition) is 0. The van der Waals surface area contributed by atoms with Gasteiger partial charge in [-0.25, -0.2) is 0 Å². The van der Waals surface area contributed by atoms with Gasteiger partial charge in [-0.1, -0.05) is 60.7 Å². The first-order valence-corrected chi connectivity index (χ1v) is 7.28. The minimum Gasteiger partial charge on any atom is -0.354 e. The molecule has 1 aromatic heterocycles. The molecule has 0 aliphatic heterocycles. The van der Waals surface area contributed by atoms with Gasteiger partial charge in [0, 0.05) is 11.4 Å². The summed E-state index contributed by atoms with van der Waals surface area (Å²) in [7, 11) is 0. The van der Waals surface area contributed by atoms with Crippen LogP contribution in [0.15, 0.2) is 60.7 Å². The van der Waals surface area contributed by atoms with Crippen molar-refractivity contribution in [2.45, 2.75) is 19.3 Å². The third-order valence-electron chi connectivity index (χ3n) is 4.20. The lowest BCUT2D eigenvalue weighted by atomic mass is 10.0. The Labute approximate surface area is 119 Å². The van der Waals surface area contributed by atoms with Gasteiger partial charge in [-0.15, -0.1) is 0 Å². The van der Waals surface area contributed by atoms with Crippen molar-refractivity contribution in [3.63, 3.8) is 0 Å². The average molecular weight is 259 g/mol. The van der Waals surface area contributed by atoms with E-state index in [0.717, 1.165) is 0 Å². The van der Waals surface area contributed by atoms with E-state index in [1.165, 1.54) is 52.9 Å². The molecule has 0 saturated carbocycles. The Morgan fingerprint density at radius 1 is 0.600 bits per heavy atom. The normalized spacial score (nSPS) is 13.4. The molecule has 0 spiro atoms. The van der Waals surface area contributed by atoms with E-state index in [-0.39, 0.29) is 0 Å². The fourth-order valence-electron chi connectivity index (χ4n) is 3.27. The number of H-pyrrole nitrogens is 1. The Morgan fingerprint density at radius 2 is 1.05 bits per heavy atom. The summed E-state index contributed by atoms with van der Waals surface area (Å²) in [4.78, 5) is 3.68. The van der Waals surface area contributed by atoms with Crippen molar-refractivity contribution in [1.29, 1.82) is 0 Å². The predicted octanol–water partition coefficient (Wildman–Crippen LogP) is 4.84. The summed E-state index contributed by atoms with van der Waals surface area (Å²) in [6.07, 6.45) is 3.67. The summed E-state index contributed by atoms with van der Waals surface area (Å²) in [5.74, 6) is 0. The maximum atomic E-state index is 3.68. The van der Waals surface area contributed by atoms with Crippen LogP contribution in [0.3, 0.4) is 0 Å². The van der Waals surface area contributed by atoms with Crippen LogP contribution in [0.5, 0.6) is 0 Å². The van der Waals surface area contributed by atoms with Crippen LogP contribution in [0.4, 0.5) is 0 Å². The van der Waals surface area contributed by atoms with E-state index >= 15 is 0 Å². The number of benzene rings is 2. The standard InChI is InChI=1S/C19H17N/c1-3-8-14(9-4-1)18-16-12-7-13-17(16)19(20-18)15-10-5-2-6-11-15/h1-6,8-11,20H,7,12-13H2. The van der Waals surface area contributed by atoms with Crippen LogP contribution in [0.2, 0.25) is 0 Å². The van der Waals surface area contributed by atoms with Gasteiger partial charge < -0.3 is 4.98 Å². The summed E-state index contributed by atoms with van der Waals surface area (Å²) in [6.45, 7) is 0. The molecule has 20 heavy (non-hydrogen) atoms. The molecule has 0 fully saturated rings. The molecule has 1 aliphatic carbocycles. The van der Waals surface area contributed by atoms with Crippen molar-refractivity contribution >= 4 is 0 Å². The van der Waals surface area contributed by atoms with Crippen molar-refractivity contribution < 1.29 is 0 Å². The van der Waals surface area contributed by atoms with Crippen molar-refractivity contribution in [3.8, 4) is 22.5 Å². The average Bonchev–Trinajstić information content (AvgIpc) is 3.11. The molecule has 1 N–H and O–H groups in total. The largest absolute Gasteiger partial charge is 0.354 e. The van der Waals surface area contributed by atoms with Gasteiger partial charge in [0.1, 0.15) is 0 Å². The minimum absolute atomic E-state index is 1.20. The molecule has 0 radical (unpaired) electrons. The van der Waals surface area contributed by atoms with Crippen molar-refractivity contribution in [3.05, 3.63) is 71.8 Å². The second-order valence-electron chi connectivity index (χ2n) is 5.42. The number of fused-ring (bicyclic) bond motifs is 1. The Hall–Kier alpha value is -2.28. The van der Waals surface area contributed by atoms with Crippen LogP contribution in [-0.4, -0.2) is 4.98 Å². The zero-order valence-electron chi connectivity index (χ0n) is 11.4. The first kappa shape index (κ1) is 11.5. The van der Waals surface area contributed by atoms with E-state index in [9.17, 15) is 0 Å². The number of aromatic amines is 1. The third kappa shape index (κ3) is 1.78. The van der Waals surface area contributed by atoms with Gasteiger partial charge in [-0.05, 0) is 41.5 Å². The third-order valence-corrected chi connectivity index (χ3v) is 4.20. The number of nitrogens with one attached hydrogen (secondary N) is 1. The van der Waals surface area contributed by atoms with Crippen molar-refractivity contribution in [2.75, 3.05) is 0 Å². The molecule has 1 heteroatoms. The molecule has 1 aliphatic rings. The van der Waals surface area contributed by atoms with Crippen LogP contribution >= 0.6 is 0 Å². The highest BCUT2D eigenvalue weighted by atomic mass is 14.7. The topological polar surface area (TPSA) is 15.8 Å². The molecule has 3 aromatic rings. The lowest BCUT2D eigenvalue weighted by Gasteiger charge is -2.02. The van der Waals surface area contributed by atoms with Crippen LogP contribution in [-0.2, 0) is 12.8 Å². The highest BCUT2D eigenvalue weighted by molar-refractivity contribution is 5.76. The van der Waals surface area contributed by atoms with E-state index < -0.39 is 0 Å². The van der Waals surface area contributed by atoms with E-state index in [4.69, 9.17) is 0 Å². The molecule has 0 amide bonds. The highest BCUT2D eigenvalue weighted by Gasteiger charge is 2.22. The fraction of sp³-hybridized carbons (Fsp3) is 0.158. The van der Waals surface area contributed by atoms with E-state index in [1.807, 2.05) is 0 Å². The number of rotatable bonds is 2. The molecule has 4 rings (SSSR count). The number of aromatic nitrogens is 1. The smallest absolute Gasteiger partial charge is 0.0494 e. The summed E-state index contributed by atoms with van der Waals surface area (Å²) in [5.41, 5.74) is 8.28. The second-order valence-corrected chi connectivity index (χ2v) is 5.42. The Morgan fingerprint density at radius 3 is 1.50 bits per heavy atom. The van der Waals surface area contributed by atoms with Gasteiger partial charge in [-0.3, -0.25) is 0 Å². The molecule has 0 bridgehead atoms. The Bertz CT molecular complexity index is 661. The zero-order valence-corrected chi connectivity index (χ0v) is 11.4. The van der Waals surface area contributed by atoms with Crippen LogP contribution in [0.1, 0.15) is 17.5 Å². The van der Waals surface area contributed by atoms with Gasteiger partial charge >= 0.3 is 0 Å². The number of hydrogen-bond donors (Lipinski definition) is 1. The molecule has 1 nitrogen and oxygen atoms in total. The lowest BCUT2D eigenvalue weighted by molar-refractivity contribution is 0.904. The summed E-state index contributed by atoms with van der Waals surface area (Å²) in [6, 6.07) is 21.4. The Kier molecular flexibility index (Phi) is 2.70. The summed E-state index contributed by atoms with van der Waals surface area (Å²) in [5, 5.41) is 0. The van der Waals surface area contributed by atoms with Gasteiger partial charge in [-0.2, -0.15) is 0 Å². The molecular weight excluding hydrogens is 242 g/mol. The molecule has 1 heterocycles. The van der Waals surface area contributed by atoms with E-state index in [2.05, 4.69) is 65.6 Å². The lowest BCUT2D eigenvalue weighted by Crippen LogP contribution is -1.85. The summed E-state index contributed by atoms with van der Waals surface area (Å²) >= 11 is 0. The minimum atomic E-state index is 1.20. The SMILES string of the molecule is c1ccc(-c2[nH]c(-c3ccccc3)c3c2CCC3)cc1. The fourth-order valence-corrected chi connectivity index (χ4v) is 3.27. The summed E-state index contributed by atoms with van der Waals surface area (Å²) < 4.78 is 0. The van der Waals surface area contributed by atoms with E-state index in [0.29, 0.717) is 0 Å². The van der Waals surface area contributed by atoms with Gasteiger partial charge in [0.25, 0.3) is 0 Å². The molecule has 0 saturated heterocycles. The second kappa shape index (κ2) is 4.68. The highest BCUT2D eigenvalue weighted by Crippen LogP contribution is 2.38. The molecule has 2 aromatic carbocycles. The molecular formula is C19H17N. The van der Waals surface area contributed by atoms with Crippen LogP contribution in [0.25, 0.3) is 22.5 Å². The Balaban J connectivity index is 1.91. The monoisotopic (exact) mass is 259 g/mol. The first-order valence-electron chi connectivity index (χ1n) is 7.28. The quantitative estimate of drug-likeness (QED) is 0.678. The van der Waals surface area contributed by atoms with Crippen LogP contribution in [0, 0.1) is 0 Å². The van der Waals surface area contributed by atoms with Crippen molar-refractivity contribution in [2.24, 2.45) is 0 Å². The molecule has 0 atom stereocenters. The predicted molar refractivity (Wildman–Crippen MR) is 83.7 cm³/mol. The maximum absolute atomic E-state index is 3.68. The first-order chi connectivity index (χ1) is 9.93. The van der Waals surface area contributed by atoms with Crippen molar-refractivity contribution in [1.82, 2.24) is 4.98 Å².